The Bertz CT molecular complexity index is 478. The van der Waals surface area contributed by atoms with Crippen LogP contribution in [-0.4, -0.2) is 33.6 Å². The zero-order chi connectivity index (χ0) is 15.5. The van der Waals surface area contributed by atoms with Crippen LogP contribution in [0.25, 0.3) is 0 Å². The Morgan fingerprint density at radius 2 is 2.14 bits per heavy atom. The van der Waals surface area contributed by atoms with Crippen LogP contribution in [0.1, 0.15) is 47.0 Å². The number of carbonyl (C=O) groups excluding carboxylic acids is 1. The summed E-state index contributed by atoms with van der Waals surface area (Å²) in [6, 6.07) is 0.330. The minimum Gasteiger partial charge on any atom is -0.444 e. The molecule has 0 radical (unpaired) electrons. The number of nitrogens with zero attached hydrogens (tertiary/aromatic N) is 2. The first-order valence-corrected chi connectivity index (χ1v) is 7.66. The van der Waals surface area contributed by atoms with E-state index in [2.05, 4.69) is 22.7 Å². The van der Waals surface area contributed by atoms with E-state index in [0.29, 0.717) is 0 Å². The fourth-order valence-electron chi connectivity index (χ4n) is 2.59. The molecule has 2 atom stereocenters. The molecule has 0 bridgehead atoms. The van der Waals surface area contributed by atoms with E-state index in [9.17, 15) is 4.79 Å². The molecule has 0 aromatic carbocycles. The number of hydrogen-bond acceptors (Lipinski definition) is 4. The van der Waals surface area contributed by atoms with Crippen LogP contribution < -0.4 is 10.6 Å². The minimum atomic E-state index is -0.464. The van der Waals surface area contributed by atoms with E-state index in [-0.39, 0.29) is 18.2 Å². The molecule has 1 amide bonds. The summed E-state index contributed by atoms with van der Waals surface area (Å²) in [6.07, 6.45) is 6.58. The standard InChI is InChI=1S/C15H26N4O2/c1-5-19-10-11(9-16-19)17-12-7-6-8-13(12)18-14(20)21-15(2,3)4/h9-10,12-13,17H,5-8H2,1-4H3,(H,18,20)/t12-,13-/m1/s1. The van der Waals surface area contributed by atoms with Crippen molar-refractivity contribution in [3.63, 3.8) is 0 Å². The van der Waals surface area contributed by atoms with Crippen LogP contribution in [0.2, 0.25) is 0 Å². The Morgan fingerprint density at radius 3 is 2.76 bits per heavy atom. The molecule has 2 rings (SSSR count). The predicted molar refractivity (Wildman–Crippen MR) is 82.3 cm³/mol. The fraction of sp³-hybridized carbons (Fsp3) is 0.733. The number of aryl methyl sites for hydroxylation is 1. The van der Waals surface area contributed by atoms with Crippen LogP contribution in [0.15, 0.2) is 12.4 Å². The summed E-state index contributed by atoms with van der Waals surface area (Å²) in [6.45, 7) is 8.52. The summed E-state index contributed by atoms with van der Waals surface area (Å²) in [5.74, 6) is 0. The number of rotatable bonds is 4. The summed E-state index contributed by atoms with van der Waals surface area (Å²) in [4.78, 5) is 11.9. The van der Waals surface area contributed by atoms with Crippen molar-refractivity contribution < 1.29 is 9.53 Å². The first kappa shape index (κ1) is 15.7. The number of ether oxygens (including phenoxy) is 1. The summed E-state index contributed by atoms with van der Waals surface area (Å²) in [5.41, 5.74) is 0.535. The molecule has 0 saturated heterocycles. The smallest absolute Gasteiger partial charge is 0.407 e. The highest BCUT2D eigenvalue weighted by molar-refractivity contribution is 5.68. The molecule has 1 aliphatic rings. The van der Waals surface area contributed by atoms with E-state index in [1.807, 2.05) is 37.8 Å². The Morgan fingerprint density at radius 1 is 1.43 bits per heavy atom. The maximum absolute atomic E-state index is 11.9. The summed E-state index contributed by atoms with van der Waals surface area (Å²) in [5, 5.41) is 10.7. The Hall–Kier alpha value is -1.72. The van der Waals surface area contributed by atoms with Gasteiger partial charge in [0.05, 0.1) is 17.9 Å². The first-order valence-electron chi connectivity index (χ1n) is 7.66. The third-order valence-corrected chi connectivity index (χ3v) is 3.53. The zero-order valence-electron chi connectivity index (χ0n) is 13.3. The minimum absolute atomic E-state index is 0.102. The topological polar surface area (TPSA) is 68.2 Å². The highest BCUT2D eigenvalue weighted by Crippen LogP contribution is 2.23. The molecule has 0 unspecified atom stereocenters. The van der Waals surface area contributed by atoms with E-state index in [0.717, 1.165) is 31.5 Å². The van der Waals surface area contributed by atoms with E-state index >= 15 is 0 Å². The quantitative estimate of drug-likeness (QED) is 0.896. The average molecular weight is 294 g/mol. The lowest BCUT2D eigenvalue weighted by atomic mass is 10.1. The van der Waals surface area contributed by atoms with Crippen LogP contribution in [0.4, 0.5) is 10.5 Å². The second kappa shape index (κ2) is 6.37. The maximum Gasteiger partial charge on any atom is 0.407 e. The summed E-state index contributed by atoms with van der Waals surface area (Å²) < 4.78 is 7.21. The highest BCUT2D eigenvalue weighted by atomic mass is 16.6. The molecule has 1 fully saturated rings. The SMILES string of the molecule is CCn1cc(N[C@@H]2CCC[C@H]2NC(=O)OC(C)(C)C)cn1. The van der Waals surface area contributed by atoms with Gasteiger partial charge in [-0.05, 0) is 47.0 Å². The molecule has 118 valence electrons. The van der Waals surface area contributed by atoms with Crippen molar-refractivity contribution >= 4 is 11.8 Å². The molecule has 6 heteroatoms. The van der Waals surface area contributed by atoms with Gasteiger partial charge in [-0.1, -0.05) is 0 Å². The Balaban J connectivity index is 1.89. The van der Waals surface area contributed by atoms with Gasteiger partial charge in [0.1, 0.15) is 5.60 Å². The molecule has 1 aromatic rings. The van der Waals surface area contributed by atoms with Gasteiger partial charge in [0.2, 0.25) is 0 Å². The summed E-state index contributed by atoms with van der Waals surface area (Å²) in [7, 11) is 0. The van der Waals surface area contributed by atoms with Crippen molar-refractivity contribution in [1.29, 1.82) is 0 Å². The molecule has 1 aliphatic carbocycles. The van der Waals surface area contributed by atoms with Crippen LogP contribution in [-0.2, 0) is 11.3 Å². The number of amides is 1. The van der Waals surface area contributed by atoms with Gasteiger partial charge in [-0.15, -0.1) is 0 Å². The molecule has 2 N–H and O–H groups in total. The van der Waals surface area contributed by atoms with E-state index in [4.69, 9.17) is 4.74 Å². The first-order chi connectivity index (χ1) is 9.87. The predicted octanol–water partition coefficient (Wildman–Crippen LogP) is 2.76. The Kier molecular flexibility index (Phi) is 4.75. The second-order valence-corrected chi connectivity index (χ2v) is 6.52. The zero-order valence-corrected chi connectivity index (χ0v) is 13.3. The number of carbonyl (C=O) groups is 1. The lowest BCUT2D eigenvalue weighted by molar-refractivity contribution is 0.0503. The number of nitrogens with one attached hydrogen (secondary N) is 2. The van der Waals surface area contributed by atoms with E-state index in [1.54, 1.807) is 0 Å². The number of aromatic nitrogens is 2. The number of alkyl carbamates (subject to hydrolysis) is 1. The van der Waals surface area contributed by atoms with Crippen molar-refractivity contribution in [2.24, 2.45) is 0 Å². The van der Waals surface area contributed by atoms with Crippen LogP contribution >= 0.6 is 0 Å². The molecule has 1 saturated carbocycles. The third-order valence-electron chi connectivity index (χ3n) is 3.53. The molecule has 21 heavy (non-hydrogen) atoms. The van der Waals surface area contributed by atoms with Crippen LogP contribution in [0.3, 0.4) is 0 Å². The van der Waals surface area contributed by atoms with Crippen molar-refractivity contribution in [1.82, 2.24) is 15.1 Å². The van der Waals surface area contributed by atoms with Gasteiger partial charge in [0.15, 0.2) is 0 Å². The molecule has 1 aromatic heterocycles. The van der Waals surface area contributed by atoms with Gasteiger partial charge >= 0.3 is 6.09 Å². The van der Waals surface area contributed by atoms with Crippen molar-refractivity contribution in [3.05, 3.63) is 12.4 Å². The lowest BCUT2D eigenvalue weighted by Crippen LogP contribution is -2.45. The van der Waals surface area contributed by atoms with Gasteiger partial charge in [0, 0.05) is 18.8 Å². The normalized spacial score (nSPS) is 22.1. The van der Waals surface area contributed by atoms with E-state index < -0.39 is 5.60 Å². The molecule has 0 spiro atoms. The largest absolute Gasteiger partial charge is 0.444 e. The van der Waals surface area contributed by atoms with Gasteiger partial charge < -0.3 is 15.4 Å². The Labute approximate surface area is 126 Å². The van der Waals surface area contributed by atoms with E-state index in [1.165, 1.54) is 0 Å². The van der Waals surface area contributed by atoms with Gasteiger partial charge in [0.25, 0.3) is 0 Å². The second-order valence-electron chi connectivity index (χ2n) is 6.52. The molecular formula is C15H26N4O2. The average Bonchev–Trinajstić information content (AvgIpc) is 2.97. The van der Waals surface area contributed by atoms with Crippen molar-refractivity contribution in [2.75, 3.05) is 5.32 Å². The lowest BCUT2D eigenvalue weighted by Gasteiger charge is -2.25. The van der Waals surface area contributed by atoms with Gasteiger partial charge in [-0.2, -0.15) is 5.10 Å². The highest BCUT2D eigenvalue weighted by Gasteiger charge is 2.30. The molecular weight excluding hydrogens is 268 g/mol. The maximum atomic E-state index is 11.9. The van der Waals surface area contributed by atoms with Gasteiger partial charge in [-0.25, -0.2) is 4.79 Å². The molecule has 0 aliphatic heterocycles. The van der Waals surface area contributed by atoms with Gasteiger partial charge in [-0.3, -0.25) is 4.68 Å². The number of anilines is 1. The van der Waals surface area contributed by atoms with Crippen molar-refractivity contribution in [3.8, 4) is 0 Å². The van der Waals surface area contributed by atoms with Crippen molar-refractivity contribution in [2.45, 2.75) is 71.2 Å². The third kappa shape index (κ3) is 4.65. The monoisotopic (exact) mass is 294 g/mol. The van der Waals surface area contributed by atoms with Crippen LogP contribution in [0, 0.1) is 0 Å². The number of hydrogen-bond donors (Lipinski definition) is 2. The summed E-state index contributed by atoms with van der Waals surface area (Å²) >= 11 is 0. The molecule has 1 heterocycles. The molecule has 6 nitrogen and oxygen atoms in total. The fourth-order valence-corrected chi connectivity index (χ4v) is 2.59. The van der Waals surface area contributed by atoms with Crippen LogP contribution in [0.5, 0.6) is 0 Å².